The number of methoxy groups -OCH3 is 7. The summed E-state index contributed by atoms with van der Waals surface area (Å²) in [5, 5.41) is 3.33. The van der Waals surface area contributed by atoms with E-state index < -0.39 is 55.7 Å². The maximum absolute atomic E-state index is 13.7. The van der Waals surface area contributed by atoms with Crippen molar-refractivity contribution in [3.63, 3.8) is 0 Å². The lowest BCUT2D eigenvalue weighted by molar-refractivity contribution is -0.0642. The maximum atomic E-state index is 13.7. The highest BCUT2D eigenvalue weighted by molar-refractivity contribution is 5.92. The Morgan fingerprint density at radius 2 is 0.667 bits per heavy atom. The van der Waals surface area contributed by atoms with Gasteiger partial charge >= 0.3 is 23.9 Å². The van der Waals surface area contributed by atoms with Gasteiger partial charge in [-0.3, -0.25) is 0 Å². The molecule has 19 nitrogen and oxygen atoms in total. The van der Waals surface area contributed by atoms with Crippen molar-refractivity contribution in [2.75, 3.05) is 82.9 Å². The van der Waals surface area contributed by atoms with Gasteiger partial charge in [0.15, 0.2) is 6.73 Å². The molecule has 0 aliphatic carbocycles. The summed E-state index contributed by atoms with van der Waals surface area (Å²) in [7, 11) is 9.77. The van der Waals surface area contributed by atoms with Gasteiger partial charge < -0.3 is 56.8 Å². The fourth-order valence-electron chi connectivity index (χ4n) is 5.25. The summed E-state index contributed by atoms with van der Waals surface area (Å²) in [4.78, 5) is 57.3. The zero-order valence-corrected chi connectivity index (χ0v) is 33.8. The van der Waals surface area contributed by atoms with Gasteiger partial charge in [-0.15, -0.1) is 0 Å². The third-order valence-corrected chi connectivity index (χ3v) is 8.50. The van der Waals surface area contributed by atoms with Crippen molar-refractivity contribution < 1.29 is 76.0 Å². The highest BCUT2D eigenvalue weighted by atomic mass is 16.6. The van der Waals surface area contributed by atoms with E-state index in [4.69, 9.17) is 62.4 Å². The van der Waals surface area contributed by atoms with Gasteiger partial charge in [-0.1, -0.05) is 5.11 Å². The van der Waals surface area contributed by atoms with Crippen LogP contribution in [0.5, 0.6) is 46.0 Å². The van der Waals surface area contributed by atoms with Crippen LogP contribution in [0.3, 0.4) is 0 Å². The van der Waals surface area contributed by atoms with Crippen LogP contribution in [-0.4, -0.2) is 107 Å². The molecule has 0 bridgehead atoms. The highest BCUT2D eigenvalue weighted by Gasteiger charge is 2.39. The van der Waals surface area contributed by atoms with Crippen LogP contribution in [0.4, 0.5) is 0 Å². The van der Waals surface area contributed by atoms with Crippen molar-refractivity contribution in [2.24, 2.45) is 10.5 Å². The van der Waals surface area contributed by atoms with Gasteiger partial charge in [-0.2, -0.15) is 0 Å². The van der Waals surface area contributed by atoms with Crippen LogP contribution in [0.1, 0.15) is 41.4 Å². The second kappa shape index (κ2) is 21.8. The molecule has 0 aliphatic heterocycles. The van der Waals surface area contributed by atoms with Crippen molar-refractivity contribution in [3.05, 3.63) is 105 Å². The monoisotopic (exact) mass is 833 g/mol. The molecule has 0 aliphatic rings. The number of carbonyl (C=O) groups is 4. The SMILES string of the molecule is COc1cc(OC)cc(C(=O)OCC(COC(=O)c2cc(OC)cc(OC)c2)(COC(=O)c2cc(OC)cc(OC)c2)COC(=O)c2cc(OC)cc(OCN=[N+]=[N-])c2)c1. The van der Waals surface area contributed by atoms with Gasteiger partial charge in [0, 0.05) is 29.2 Å². The van der Waals surface area contributed by atoms with Crippen LogP contribution < -0.4 is 37.9 Å². The molecule has 0 atom stereocenters. The lowest BCUT2D eigenvalue weighted by Gasteiger charge is -2.31. The Morgan fingerprint density at radius 3 is 0.900 bits per heavy atom. The standard InChI is InChI=1S/C41H43N3O16/c1-49-29-8-25(9-30(16-29)50-2)37(45)56-20-41(21-57-38(46)26-10-31(51-3)17-32(11-26)52-4,22-58-39(47)27-12-33(53-5)18-34(13-27)54-6)23-59-40(48)28-14-35(55-7)19-36(15-28)60-24-43-44-42/h8-19H,20-24H2,1-7H3. The van der Waals surface area contributed by atoms with Crippen molar-refractivity contribution in [3.8, 4) is 46.0 Å². The topological polar surface area (TPSA) is 228 Å². The van der Waals surface area contributed by atoms with Gasteiger partial charge in [-0.25, -0.2) is 19.2 Å². The number of rotatable bonds is 22. The first kappa shape index (κ1) is 45.2. The number of hydrogen-bond donors (Lipinski definition) is 0. The molecule has 0 saturated heterocycles. The second-order valence-electron chi connectivity index (χ2n) is 12.5. The molecule has 4 rings (SSSR count). The normalized spacial score (nSPS) is 10.5. The fraction of sp³-hybridized carbons (Fsp3) is 0.317. The average Bonchev–Trinajstić information content (AvgIpc) is 3.29. The minimum atomic E-state index is -1.79. The van der Waals surface area contributed by atoms with E-state index in [1.165, 1.54) is 104 Å². The fourth-order valence-corrected chi connectivity index (χ4v) is 5.25. The summed E-state index contributed by atoms with van der Waals surface area (Å²) in [5.41, 5.74) is 6.85. The Bertz CT molecular complexity index is 1970. The van der Waals surface area contributed by atoms with Crippen LogP contribution in [0, 0.1) is 5.41 Å². The van der Waals surface area contributed by atoms with Crippen LogP contribution in [-0.2, 0) is 18.9 Å². The van der Waals surface area contributed by atoms with E-state index in [9.17, 15) is 19.2 Å². The zero-order valence-electron chi connectivity index (χ0n) is 33.8. The summed E-state index contributed by atoms with van der Waals surface area (Å²) >= 11 is 0. The molecule has 19 heteroatoms. The molecule has 0 fully saturated rings. The molecule has 318 valence electrons. The third kappa shape index (κ3) is 12.5. The van der Waals surface area contributed by atoms with Crippen molar-refractivity contribution >= 4 is 23.9 Å². The summed E-state index contributed by atoms with van der Waals surface area (Å²) < 4.78 is 65.6. The minimum absolute atomic E-state index is 0.0164. The molecule has 0 saturated carbocycles. The number of nitrogens with zero attached hydrogens (tertiary/aromatic N) is 3. The number of esters is 4. The van der Waals surface area contributed by atoms with Crippen LogP contribution >= 0.6 is 0 Å². The third-order valence-electron chi connectivity index (χ3n) is 8.50. The first-order valence-electron chi connectivity index (χ1n) is 17.6. The van der Waals surface area contributed by atoms with E-state index in [1.807, 2.05) is 0 Å². The predicted molar refractivity (Wildman–Crippen MR) is 210 cm³/mol. The Labute approximate surface area is 344 Å². The van der Waals surface area contributed by atoms with Gasteiger partial charge in [0.05, 0.1) is 72.0 Å². The lowest BCUT2D eigenvalue weighted by Crippen LogP contribution is -2.44. The molecule has 0 amide bonds. The quantitative estimate of drug-likeness (QED) is 0.0286. The average molecular weight is 834 g/mol. The summed E-state index contributed by atoms with van der Waals surface area (Å²) in [6.45, 7) is -3.01. The molecule has 0 unspecified atom stereocenters. The summed E-state index contributed by atoms with van der Waals surface area (Å²) in [6.07, 6.45) is 0. The number of azide groups is 1. The van der Waals surface area contributed by atoms with Gasteiger partial charge in [0.1, 0.15) is 77.8 Å². The minimum Gasteiger partial charge on any atom is -0.497 e. The lowest BCUT2D eigenvalue weighted by atomic mass is 9.92. The molecular weight excluding hydrogens is 790 g/mol. The molecule has 0 heterocycles. The molecular formula is C41H43N3O16. The van der Waals surface area contributed by atoms with Crippen LogP contribution in [0.2, 0.25) is 0 Å². The predicted octanol–water partition coefficient (Wildman–Crippen LogP) is 6.11. The Kier molecular flexibility index (Phi) is 16.4. The first-order valence-corrected chi connectivity index (χ1v) is 17.6. The molecule has 0 aromatic heterocycles. The van der Waals surface area contributed by atoms with Crippen LogP contribution in [0.25, 0.3) is 10.4 Å². The van der Waals surface area contributed by atoms with Gasteiger partial charge in [0.2, 0.25) is 0 Å². The van der Waals surface area contributed by atoms with E-state index in [2.05, 4.69) is 10.0 Å². The Morgan fingerprint density at radius 1 is 0.433 bits per heavy atom. The van der Waals surface area contributed by atoms with Gasteiger partial charge in [0.25, 0.3) is 0 Å². The van der Waals surface area contributed by atoms with Crippen molar-refractivity contribution in [1.29, 1.82) is 0 Å². The molecule has 0 radical (unpaired) electrons. The largest absolute Gasteiger partial charge is 0.497 e. The van der Waals surface area contributed by atoms with Gasteiger partial charge in [-0.05, 0) is 54.1 Å². The molecule has 0 N–H and O–H groups in total. The summed E-state index contributed by atoms with van der Waals surface area (Å²) in [5.74, 6) is -1.58. The molecule has 60 heavy (non-hydrogen) atoms. The second-order valence-corrected chi connectivity index (χ2v) is 12.5. The van der Waals surface area contributed by atoms with Crippen molar-refractivity contribution in [2.45, 2.75) is 0 Å². The molecule has 0 spiro atoms. The smallest absolute Gasteiger partial charge is 0.338 e. The van der Waals surface area contributed by atoms with E-state index in [0.717, 1.165) is 0 Å². The Hall–Kier alpha value is -7.53. The van der Waals surface area contributed by atoms with E-state index in [1.54, 1.807) is 18.2 Å². The molecule has 4 aromatic rings. The number of carbonyl (C=O) groups excluding carboxylic acids is 4. The number of ether oxygens (including phenoxy) is 12. The first-order chi connectivity index (χ1) is 28.9. The summed E-state index contributed by atoms with van der Waals surface area (Å²) in [6, 6.07) is 17.2. The maximum Gasteiger partial charge on any atom is 0.338 e. The van der Waals surface area contributed by atoms with E-state index in [-0.39, 0.29) is 75.0 Å². The number of hydrogen-bond acceptors (Lipinski definition) is 17. The van der Waals surface area contributed by atoms with E-state index in [0.29, 0.717) is 0 Å². The zero-order chi connectivity index (χ0) is 43.7. The number of benzene rings is 4. The highest BCUT2D eigenvalue weighted by Crippen LogP contribution is 2.30. The Balaban J connectivity index is 1.76. The van der Waals surface area contributed by atoms with Crippen LogP contribution in [0.15, 0.2) is 77.9 Å². The van der Waals surface area contributed by atoms with E-state index >= 15 is 0 Å². The van der Waals surface area contributed by atoms with Crippen molar-refractivity contribution in [1.82, 2.24) is 0 Å². The molecule has 4 aromatic carbocycles.